The quantitative estimate of drug-likeness (QED) is 0.897. The van der Waals surface area contributed by atoms with Crippen molar-refractivity contribution in [1.29, 1.82) is 0 Å². The first-order valence-electron chi connectivity index (χ1n) is 6.20. The van der Waals surface area contributed by atoms with Crippen LogP contribution in [0.4, 0.5) is 0 Å². The molecule has 5 heteroatoms. The summed E-state index contributed by atoms with van der Waals surface area (Å²) in [6, 6.07) is 1.99. The van der Waals surface area contributed by atoms with Gasteiger partial charge in [0.2, 0.25) is 0 Å². The average Bonchev–Trinajstić information content (AvgIpc) is 2.52. The average molecular weight is 245 g/mol. The summed E-state index contributed by atoms with van der Waals surface area (Å²) in [6.07, 6.45) is 5.36. The highest BCUT2D eigenvalue weighted by Crippen LogP contribution is 2.35. The first-order valence-corrected chi connectivity index (χ1v) is 6.20. The molecule has 0 bridgehead atoms. The Kier molecular flexibility index (Phi) is 2.54. The van der Waals surface area contributed by atoms with Crippen LogP contribution in [0.3, 0.4) is 0 Å². The molecule has 1 fully saturated rings. The van der Waals surface area contributed by atoms with E-state index < -0.39 is 5.97 Å². The van der Waals surface area contributed by atoms with Crippen LogP contribution < -0.4 is 0 Å². The summed E-state index contributed by atoms with van der Waals surface area (Å²) < 4.78 is 1.78. The molecule has 2 aromatic rings. The number of fused-ring (bicyclic) bond motifs is 1. The maximum atomic E-state index is 10.8. The second-order valence-corrected chi connectivity index (χ2v) is 4.88. The molecule has 1 aliphatic carbocycles. The molecule has 0 amide bonds. The minimum atomic E-state index is -0.844. The van der Waals surface area contributed by atoms with Crippen molar-refractivity contribution in [1.82, 2.24) is 14.4 Å². The van der Waals surface area contributed by atoms with Gasteiger partial charge in [0, 0.05) is 17.7 Å². The lowest BCUT2D eigenvalue weighted by Crippen LogP contribution is -2.11. The summed E-state index contributed by atoms with van der Waals surface area (Å²) in [5, 5.41) is 8.90. The molecule has 3 rings (SSSR count). The lowest BCUT2D eigenvalue weighted by molar-refractivity contribution is -0.136. The third kappa shape index (κ3) is 1.75. The van der Waals surface area contributed by atoms with Gasteiger partial charge in [0.25, 0.3) is 0 Å². The Hall–Kier alpha value is -1.91. The van der Waals surface area contributed by atoms with Gasteiger partial charge in [0.05, 0.1) is 17.8 Å². The predicted octanol–water partition coefficient (Wildman–Crippen LogP) is 1.93. The fourth-order valence-corrected chi connectivity index (χ4v) is 2.41. The van der Waals surface area contributed by atoms with Gasteiger partial charge >= 0.3 is 5.97 Å². The van der Waals surface area contributed by atoms with E-state index in [1.807, 2.05) is 13.0 Å². The van der Waals surface area contributed by atoms with Gasteiger partial charge in [0.1, 0.15) is 12.0 Å². The molecule has 18 heavy (non-hydrogen) atoms. The SMILES string of the molecule is Cc1nc2cc(C3CCC3)ncn2c1CC(=O)O. The highest BCUT2D eigenvalue weighted by molar-refractivity contribution is 5.70. The molecule has 0 spiro atoms. The summed E-state index contributed by atoms with van der Waals surface area (Å²) in [4.78, 5) is 19.7. The van der Waals surface area contributed by atoms with E-state index in [2.05, 4.69) is 9.97 Å². The molecule has 0 saturated heterocycles. The summed E-state index contributed by atoms with van der Waals surface area (Å²) in [5.41, 5.74) is 3.37. The molecule has 0 unspecified atom stereocenters. The van der Waals surface area contributed by atoms with E-state index in [0.29, 0.717) is 11.6 Å². The van der Waals surface area contributed by atoms with Crippen molar-refractivity contribution in [2.45, 2.75) is 38.5 Å². The number of aliphatic carboxylic acids is 1. The molecule has 2 heterocycles. The highest BCUT2D eigenvalue weighted by atomic mass is 16.4. The van der Waals surface area contributed by atoms with Crippen LogP contribution >= 0.6 is 0 Å². The van der Waals surface area contributed by atoms with E-state index in [1.54, 1.807) is 10.7 Å². The molecule has 1 N–H and O–H groups in total. The van der Waals surface area contributed by atoms with Crippen LogP contribution in [-0.2, 0) is 11.2 Å². The maximum Gasteiger partial charge on any atom is 0.309 e. The molecular weight excluding hydrogens is 230 g/mol. The number of aryl methyl sites for hydroxylation is 1. The molecule has 0 aliphatic heterocycles. The molecule has 1 saturated carbocycles. The number of aromatic nitrogens is 3. The van der Waals surface area contributed by atoms with Gasteiger partial charge in [-0.05, 0) is 19.8 Å². The van der Waals surface area contributed by atoms with E-state index in [1.165, 1.54) is 19.3 Å². The van der Waals surface area contributed by atoms with Crippen LogP contribution in [-0.4, -0.2) is 25.4 Å². The van der Waals surface area contributed by atoms with Crippen LogP contribution in [0.25, 0.3) is 5.65 Å². The summed E-state index contributed by atoms with van der Waals surface area (Å²) >= 11 is 0. The van der Waals surface area contributed by atoms with Crippen LogP contribution in [0.15, 0.2) is 12.4 Å². The number of hydrogen-bond donors (Lipinski definition) is 1. The van der Waals surface area contributed by atoms with Gasteiger partial charge in [-0.2, -0.15) is 0 Å². The Labute approximate surface area is 104 Å². The van der Waals surface area contributed by atoms with Crippen molar-refractivity contribution in [3.8, 4) is 0 Å². The van der Waals surface area contributed by atoms with Crippen LogP contribution in [0.2, 0.25) is 0 Å². The van der Waals surface area contributed by atoms with Crippen molar-refractivity contribution in [3.63, 3.8) is 0 Å². The van der Waals surface area contributed by atoms with Crippen LogP contribution in [0.5, 0.6) is 0 Å². The fraction of sp³-hybridized carbons (Fsp3) is 0.462. The second-order valence-electron chi connectivity index (χ2n) is 4.88. The van der Waals surface area contributed by atoms with E-state index in [4.69, 9.17) is 5.11 Å². The van der Waals surface area contributed by atoms with Gasteiger partial charge in [-0.3, -0.25) is 9.20 Å². The number of imidazole rings is 1. The monoisotopic (exact) mass is 245 g/mol. The van der Waals surface area contributed by atoms with Crippen molar-refractivity contribution in [2.75, 3.05) is 0 Å². The lowest BCUT2D eigenvalue weighted by Gasteiger charge is -2.24. The van der Waals surface area contributed by atoms with E-state index in [-0.39, 0.29) is 6.42 Å². The number of carbonyl (C=O) groups is 1. The van der Waals surface area contributed by atoms with Crippen molar-refractivity contribution >= 4 is 11.6 Å². The standard InChI is InChI=1S/C13H15N3O2/c1-8-11(6-13(17)18)16-7-14-10(5-12(16)15-8)9-3-2-4-9/h5,7,9H,2-4,6H2,1H3,(H,17,18). The second kappa shape index (κ2) is 4.08. The lowest BCUT2D eigenvalue weighted by atomic mass is 9.83. The van der Waals surface area contributed by atoms with Gasteiger partial charge < -0.3 is 5.11 Å². The van der Waals surface area contributed by atoms with Crippen molar-refractivity contribution in [3.05, 3.63) is 29.5 Å². The minimum Gasteiger partial charge on any atom is -0.481 e. The molecule has 0 atom stereocenters. The number of hydrogen-bond acceptors (Lipinski definition) is 3. The van der Waals surface area contributed by atoms with E-state index in [0.717, 1.165) is 17.0 Å². The Morgan fingerprint density at radius 1 is 1.56 bits per heavy atom. The summed E-state index contributed by atoms with van der Waals surface area (Å²) in [7, 11) is 0. The van der Waals surface area contributed by atoms with E-state index >= 15 is 0 Å². The summed E-state index contributed by atoms with van der Waals surface area (Å²) in [6.45, 7) is 1.84. The van der Waals surface area contributed by atoms with Crippen molar-refractivity contribution in [2.24, 2.45) is 0 Å². The largest absolute Gasteiger partial charge is 0.481 e. The Morgan fingerprint density at radius 2 is 2.33 bits per heavy atom. The van der Waals surface area contributed by atoms with Gasteiger partial charge in [0.15, 0.2) is 0 Å². The third-order valence-corrected chi connectivity index (χ3v) is 3.68. The summed E-state index contributed by atoms with van der Waals surface area (Å²) in [5.74, 6) is -0.280. The number of nitrogens with zero attached hydrogens (tertiary/aromatic N) is 3. The topological polar surface area (TPSA) is 67.5 Å². The van der Waals surface area contributed by atoms with Crippen molar-refractivity contribution < 1.29 is 9.90 Å². The first kappa shape index (κ1) is 11.2. The van der Waals surface area contributed by atoms with Gasteiger partial charge in [-0.1, -0.05) is 6.42 Å². The maximum absolute atomic E-state index is 10.8. The zero-order valence-corrected chi connectivity index (χ0v) is 10.3. The molecule has 0 radical (unpaired) electrons. The highest BCUT2D eigenvalue weighted by Gasteiger charge is 2.22. The number of rotatable bonds is 3. The smallest absolute Gasteiger partial charge is 0.309 e. The van der Waals surface area contributed by atoms with Gasteiger partial charge in [-0.15, -0.1) is 0 Å². The van der Waals surface area contributed by atoms with E-state index in [9.17, 15) is 4.79 Å². The van der Waals surface area contributed by atoms with Crippen LogP contribution in [0.1, 0.15) is 42.3 Å². The minimum absolute atomic E-state index is 0.0164. The predicted molar refractivity (Wildman–Crippen MR) is 65.7 cm³/mol. The zero-order valence-electron chi connectivity index (χ0n) is 10.3. The zero-order chi connectivity index (χ0) is 12.7. The molecule has 5 nitrogen and oxygen atoms in total. The molecule has 1 aliphatic rings. The van der Waals surface area contributed by atoms with Gasteiger partial charge in [-0.25, -0.2) is 9.97 Å². The van der Waals surface area contributed by atoms with Crippen LogP contribution in [0, 0.1) is 6.92 Å². The molecule has 0 aromatic carbocycles. The molecule has 2 aromatic heterocycles. The fourth-order valence-electron chi connectivity index (χ4n) is 2.41. The first-order chi connectivity index (χ1) is 8.65. The Bertz CT molecular complexity index is 614. The molecular formula is C13H15N3O2. The molecule has 94 valence electrons. The number of carboxylic acid groups (broad SMARTS) is 1. The third-order valence-electron chi connectivity index (χ3n) is 3.68. The Morgan fingerprint density at radius 3 is 2.94 bits per heavy atom. The normalized spacial score (nSPS) is 15.8. The number of carboxylic acids is 1. The Balaban J connectivity index is 2.05.